The third kappa shape index (κ3) is 3.14. The summed E-state index contributed by atoms with van der Waals surface area (Å²) in [6.07, 6.45) is 1.62. The van der Waals surface area contributed by atoms with Crippen LogP contribution in [0.4, 0.5) is 0 Å². The van der Waals surface area contributed by atoms with Gasteiger partial charge in [0.25, 0.3) is 5.91 Å². The van der Waals surface area contributed by atoms with Gasteiger partial charge < -0.3 is 16.0 Å². The first-order chi connectivity index (χ1) is 9.08. The summed E-state index contributed by atoms with van der Waals surface area (Å²) in [7, 11) is 0. The van der Waals surface area contributed by atoms with Crippen LogP contribution in [0.2, 0.25) is 5.02 Å². The van der Waals surface area contributed by atoms with Crippen LogP contribution >= 0.6 is 11.6 Å². The number of carbonyl (C=O) groups is 2. The van der Waals surface area contributed by atoms with E-state index in [9.17, 15) is 9.59 Å². The molecule has 19 heavy (non-hydrogen) atoms. The van der Waals surface area contributed by atoms with E-state index in [0.717, 1.165) is 0 Å². The average molecular weight is 278 g/mol. The molecule has 0 radical (unpaired) electrons. The van der Waals surface area contributed by atoms with Crippen molar-refractivity contribution in [3.05, 3.63) is 58.9 Å². The van der Waals surface area contributed by atoms with Crippen molar-refractivity contribution >= 4 is 23.4 Å². The van der Waals surface area contributed by atoms with Gasteiger partial charge in [0.1, 0.15) is 11.7 Å². The van der Waals surface area contributed by atoms with Crippen molar-refractivity contribution in [1.82, 2.24) is 10.3 Å². The van der Waals surface area contributed by atoms with Gasteiger partial charge in [-0.1, -0.05) is 23.7 Å². The van der Waals surface area contributed by atoms with Crippen LogP contribution in [0.1, 0.15) is 22.1 Å². The summed E-state index contributed by atoms with van der Waals surface area (Å²) in [6, 6.07) is 8.96. The number of carbonyl (C=O) groups excluding carboxylic acids is 2. The van der Waals surface area contributed by atoms with Crippen molar-refractivity contribution in [2.45, 2.75) is 6.04 Å². The van der Waals surface area contributed by atoms with Gasteiger partial charge in [0.2, 0.25) is 5.91 Å². The Morgan fingerprint density at radius 3 is 2.42 bits per heavy atom. The van der Waals surface area contributed by atoms with E-state index < -0.39 is 17.9 Å². The van der Waals surface area contributed by atoms with Crippen LogP contribution in [0.25, 0.3) is 0 Å². The quantitative estimate of drug-likeness (QED) is 0.793. The van der Waals surface area contributed by atoms with E-state index in [1.54, 1.807) is 42.6 Å². The Morgan fingerprint density at radius 1 is 1.21 bits per heavy atom. The molecule has 2 amide bonds. The molecule has 2 aromatic rings. The highest BCUT2D eigenvalue weighted by molar-refractivity contribution is 6.30. The number of halogens is 1. The molecule has 0 aliphatic heterocycles. The Balaban J connectivity index is 2.19. The van der Waals surface area contributed by atoms with E-state index in [2.05, 4.69) is 10.3 Å². The molecule has 98 valence electrons. The molecule has 1 heterocycles. The summed E-state index contributed by atoms with van der Waals surface area (Å²) in [5.41, 5.74) is 6.25. The van der Waals surface area contributed by atoms with Gasteiger partial charge in [-0.25, -0.2) is 0 Å². The van der Waals surface area contributed by atoms with E-state index in [4.69, 9.17) is 17.3 Å². The monoisotopic (exact) mass is 277 g/mol. The lowest BCUT2D eigenvalue weighted by Crippen LogP contribution is -2.37. The minimum Gasteiger partial charge on any atom is -0.368 e. The maximum atomic E-state index is 11.9. The van der Waals surface area contributed by atoms with Crippen molar-refractivity contribution in [3.63, 3.8) is 0 Å². The van der Waals surface area contributed by atoms with Crippen LogP contribution in [-0.2, 0) is 4.79 Å². The van der Waals surface area contributed by atoms with Crippen molar-refractivity contribution in [1.29, 1.82) is 0 Å². The topological polar surface area (TPSA) is 88.0 Å². The zero-order valence-electron chi connectivity index (χ0n) is 9.89. The summed E-state index contributed by atoms with van der Waals surface area (Å²) in [5, 5.41) is 3.11. The molecular formula is C13H12ClN3O2. The van der Waals surface area contributed by atoms with Gasteiger partial charge in [0.15, 0.2) is 0 Å². The number of nitrogens with two attached hydrogens (primary N) is 1. The van der Waals surface area contributed by atoms with Crippen LogP contribution in [0.3, 0.4) is 0 Å². The summed E-state index contributed by atoms with van der Waals surface area (Å²) in [5.74, 6) is -1.04. The van der Waals surface area contributed by atoms with Crippen LogP contribution < -0.4 is 11.1 Å². The van der Waals surface area contributed by atoms with Crippen LogP contribution in [0, 0.1) is 0 Å². The second kappa shape index (κ2) is 5.58. The van der Waals surface area contributed by atoms with E-state index in [-0.39, 0.29) is 0 Å². The lowest BCUT2D eigenvalue weighted by Gasteiger charge is -2.15. The number of H-pyrrole nitrogens is 1. The smallest absolute Gasteiger partial charge is 0.268 e. The van der Waals surface area contributed by atoms with Gasteiger partial charge >= 0.3 is 0 Å². The molecule has 0 unspecified atom stereocenters. The van der Waals surface area contributed by atoms with Gasteiger partial charge in [-0.05, 0) is 29.8 Å². The second-order valence-electron chi connectivity index (χ2n) is 3.94. The minimum absolute atomic E-state index is 0.361. The van der Waals surface area contributed by atoms with Gasteiger partial charge in [-0.15, -0.1) is 0 Å². The Labute approximate surface area is 114 Å². The van der Waals surface area contributed by atoms with Crippen molar-refractivity contribution < 1.29 is 9.59 Å². The highest BCUT2D eigenvalue weighted by Crippen LogP contribution is 2.16. The largest absolute Gasteiger partial charge is 0.368 e. The molecule has 1 aromatic heterocycles. The molecule has 6 heteroatoms. The zero-order chi connectivity index (χ0) is 13.8. The molecule has 0 fully saturated rings. The Hall–Kier alpha value is -2.27. The van der Waals surface area contributed by atoms with Gasteiger partial charge in [-0.3, -0.25) is 9.59 Å². The van der Waals surface area contributed by atoms with E-state index in [1.807, 2.05) is 0 Å². The fourth-order valence-electron chi connectivity index (χ4n) is 1.65. The number of aromatic amines is 1. The summed E-state index contributed by atoms with van der Waals surface area (Å²) < 4.78 is 0. The molecule has 0 saturated heterocycles. The molecule has 0 aliphatic carbocycles. The summed E-state index contributed by atoms with van der Waals surface area (Å²) in [4.78, 5) is 26.1. The number of nitrogens with one attached hydrogen (secondary N) is 2. The zero-order valence-corrected chi connectivity index (χ0v) is 10.6. The molecule has 5 nitrogen and oxygen atoms in total. The van der Waals surface area contributed by atoms with E-state index in [1.165, 1.54) is 0 Å². The predicted molar refractivity (Wildman–Crippen MR) is 71.6 cm³/mol. The van der Waals surface area contributed by atoms with Crippen LogP contribution in [-0.4, -0.2) is 16.8 Å². The maximum absolute atomic E-state index is 11.9. The van der Waals surface area contributed by atoms with Gasteiger partial charge in [-0.2, -0.15) is 0 Å². The lowest BCUT2D eigenvalue weighted by atomic mass is 10.1. The first kappa shape index (κ1) is 13.2. The SMILES string of the molecule is NC(=O)[C@@H](NC(=O)c1ccc[nH]1)c1ccc(Cl)cc1. The number of hydrogen-bond acceptors (Lipinski definition) is 2. The first-order valence-corrected chi connectivity index (χ1v) is 5.95. The number of hydrogen-bond donors (Lipinski definition) is 3. The fourth-order valence-corrected chi connectivity index (χ4v) is 1.78. The number of primary amides is 1. The molecule has 1 atom stereocenters. The molecule has 0 saturated carbocycles. The number of rotatable bonds is 4. The molecule has 1 aromatic carbocycles. The van der Waals surface area contributed by atoms with Crippen molar-refractivity contribution in [3.8, 4) is 0 Å². The third-order valence-corrected chi connectivity index (χ3v) is 2.86. The molecular weight excluding hydrogens is 266 g/mol. The maximum Gasteiger partial charge on any atom is 0.268 e. The highest BCUT2D eigenvalue weighted by atomic mass is 35.5. The average Bonchev–Trinajstić information content (AvgIpc) is 2.90. The van der Waals surface area contributed by atoms with Crippen LogP contribution in [0.15, 0.2) is 42.6 Å². The molecule has 0 spiro atoms. The van der Waals surface area contributed by atoms with Crippen molar-refractivity contribution in [2.75, 3.05) is 0 Å². The standard InChI is InChI=1S/C13H12ClN3O2/c14-9-5-3-8(4-6-9)11(12(15)18)17-13(19)10-2-1-7-16-10/h1-7,11,16H,(H2,15,18)(H,17,19)/t11-/m0/s1. The van der Waals surface area contributed by atoms with Crippen LogP contribution in [0.5, 0.6) is 0 Å². The van der Waals surface area contributed by atoms with E-state index in [0.29, 0.717) is 16.3 Å². The Kier molecular flexibility index (Phi) is 3.87. The summed E-state index contributed by atoms with van der Waals surface area (Å²) in [6.45, 7) is 0. The molecule has 0 bridgehead atoms. The molecule has 4 N–H and O–H groups in total. The highest BCUT2D eigenvalue weighted by Gasteiger charge is 2.21. The first-order valence-electron chi connectivity index (χ1n) is 5.57. The molecule has 0 aliphatic rings. The minimum atomic E-state index is -0.895. The fraction of sp³-hybridized carbons (Fsp3) is 0.0769. The lowest BCUT2D eigenvalue weighted by molar-refractivity contribution is -0.120. The second-order valence-corrected chi connectivity index (χ2v) is 4.38. The number of amides is 2. The Morgan fingerprint density at radius 2 is 1.89 bits per heavy atom. The normalized spacial score (nSPS) is 11.8. The number of benzene rings is 1. The van der Waals surface area contributed by atoms with Crippen molar-refractivity contribution in [2.24, 2.45) is 5.73 Å². The predicted octanol–water partition coefficient (Wildman–Crippen LogP) is 1.62. The third-order valence-electron chi connectivity index (χ3n) is 2.61. The van der Waals surface area contributed by atoms with Gasteiger partial charge in [0, 0.05) is 11.2 Å². The Bertz CT molecular complexity index is 578. The summed E-state index contributed by atoms with van der Waals surface area (Å²) >= 11 is 5.77. The van der Waals surface area contributed by atoms with E-state index >= 15 is 0 Å². The molecule has 2 rings (SSSR count). The van der Waals surface area contributed by atoms with Gasteiger partial charge in [0.05, 0.1) is 0 Å². The number of aromatic nitrogens is 1.